The Morgan fingerprint density at radius 2 is 2.14 bits per heavy atom. The summed E-state index contributed by atoms with van der Waals surface area (Å²) < 4.78 is 31.0. The normalized spacial score (nSPS) is 14.6. The standard InChI is InChI=1S/C15H27F2N3O/c1-4-12(3)20-8-6-14(19-20)10-13(18-5-2)7-9-21-11-15(16)17/h6,8,12-13,15,18H,4-5,7,9-11H2,1-3H3. The van der Waals surface area contributed by atoms with Crippen molar-refractivity contribution in [3.8, 4) is 0 Å². The van der Waals surface area contributed by atoms with E-state index < -0.39 is 13.0 Å². The van der Waals surface area contributed by atoms with Crippen molar-refractivity contribution in [1.82, 2.24) is 15.1 Å². The van der Waals surface area contributed by atoms with Crippen molar-refractivity contribution in [2.75, 3.05) is 19.8 Å². The lowest BCUT2D eigenvalue weighted by Gasteiger charge is -2.17. The van der Waals surface area contributed by atoms with Crippen molar-refractivity contribution < 1.29 is 13.5 Å². The molecule has 0 aliphatic heterocycles. The van der Waals surface area contributed by atoms with E-state index in [0.717, 1.165) is 25.1 Å². The van der Waals surface area contributed by atoms with Crippen LogP contribution in [0.3, 0.4) is 0 Å². The van der Waals surface area contributed by atoms with E-state index in [9.17, 15) is 8.78 Å². The van der Waals surface area contributed by atoms with Crippen LogP contribution in [0.25, 0.3) is 0 Å². The summed E-state index contributed by atoms with van der Waals surface area (Å²) in [5.74, 6) is 0. The molecule has 0 saturated carbocycles. The third-order valence-corrected chi connectivity index (χ3v) is 3.51. The van der Waals surface area contributed by atoms with Gasteiger partial charge in [-0.15, -0.1) is 0 Å². The molecule has 1 aromatic heterocycles. The molecule has 2 unspecified atom stereocenters. The number of nitrogens with zero attached hydrogens (tertiary/aromatic N) is 2. The number of nitrogens with one attached hydrogen (secondary N) is 1. The molecule has 1 rings (SSSR count). The van der Waals surface area contributed by atoms with Gasteiger partial charge < -0.3 is 10.1 Å². The van der Waals surface area contributed by atoms with Crippen LogP contribution in [0.1, 0.15) is 45.3 Å². The van der Waals surface area contributed by atoms with Gasteiger partial charge in [0.1, 0.15) is 6.61 Å². The zero-order valence-corrected chi connectivity index (χ0v) is 13.2. The Labute approximate surface area is 125 Å². The molecule has 1 heterocycles. The Morgan fingerprint density at radius 3 is 2.76 bits per heavy atom. The second-order valence-corrected chi connectivity index (χ2v) is 5.26. The number of halogens is 2. The van der Waals surface area contributed by atoms with Gasteiger partial charge in [-0.3, -0.25) is 4.68 Å². The average molecular weight is 303 g/mol. The molecule has 0 saturated heterocycles. The van der Waals surface area contributed by atoms with Gasteiger partial charge >= 0.3 is 0 Å². The molecule has 0 amide bonds. The number of rotatable bonds is 11. The van der Waals surface area contributed by atoms with Crippen LogP contribution in [-0.2, 0) is 11.2 Å². The van der Waals surface area contributed by atoms with Crippen molar-refractivity contribution in [3.05, 3.63) is 18.0 Å². The molecule has 0 aliphatic carbocycles. The molecule has 21 heavy (non-hydrogen) atoms. The fourth-order valence-corrected chi connectivity index (χ4v) is 2.13. The van der Waals surface area contributed by atoms with Gasteiger partial charge in [0.25, 0.3) is 6.43 Å². The van der Waals surface area contributed by atoms with Gasteiger partial charge in [-0.25, -0.2) is 8.78 Å². The van der Waals surface area contributed by atoms with Gasteiger partial charge in [0.15, 0.2) is 0 Å². The first kappa shape index (κ1) is 18.0. The minimum atomic E-state index is -2.39. The maximum atomic E-state index is 12.0. The Hall–Kier alpha value is -1.01. The molecule has 1 aromatic rings. The lowest BCUT2D eigenvalue weighted by atomic mass is 10.1. The molecule has 4 nitrogen and oxygen atoms in total. The summed E-state index contributed by atoms with van der Waals surface area (Å²) in [6.45, 7) is 7.00. The fraction of sp³-hybridized carbons (Fsp3) is 0.800. The molecule has 2 atom stereocenters. The average Bonchev–Trinajstić information content (AvgIpc) is 2.91. The van der Waals surface area contributed by atoms with Crippen molar-refractivity contribution >= 4 is 0 Å². The van der Waals surface area contributed by atoms with E-state index >= 15 is 0 Å². The number of likely N-dealkylation sites (N-methyl/N-ethyl adjacent to an activating group) is 1. The maximum Gasteiger partial charge on any atom is 0.261 e. The van der Waals surface area contributed by atoms with Crippen LogP contribution < -0.4 is 5.32 Å². The Bertz CT molecular complexity index is 385. The molecule has 1 N–H and O–H groups in total. The Kier molecular flexibility index (Phi) is 8.45. The van der Waals surface area contributed by atoms with Crippen molar-refractivity contribution in [3.63, 3.8) is 0 Å². The van der Waals surface area contributed by atoms with Gasteiger partial charge in [0.05, 0.1) is 5.69 Å². The highest BCUT2D eigenvalue weighted by atomic mass is 19.3. The molecule has 0 fully saturated rings. The van der Waals surface area contributed by atoms with E-state index in [0.29, 0.717) is 19.1 Å². The number of alkyl halides is 2. The minimum Gasteiger partial charge on any atom is -0.375 e. The van der Waals surface area contributed by atoms with Gasteiger partial charge in [-0.1, -0.05) is 13.8 Å². The molecule has 0 spiro atoms. The van der Waals surface area contributed by atoms with E-state index in [-0.39, 0.29) is 6.04 Å². The van der Waals surface area contributed by atoms with E-state index in [2.05, 4.69) is 24.3 Å². The highest BCUT2D eigenvalue weighted by Gasteiger charge is 2.12. The van der Waals surface area contributed by atoms with Gasteiger partial charge in [0.2, 0.25) is 0 Å². The molecule has 0 bridgehead atoms. The first-order valence-corrected chi connectivity index (χ1v) is 7.70. The summed E-state index contributed by atoms with van der Waals surface area (Å²) in [7, 11) is 0. The molecule has 0 aromatic carbocycles. The number of aromatic nitrogens is 2. The summed E-state index contributed by atoms with van der Waals surface area (Å²) in [5, 5.41) is 7.93. The van der Waals surface area contributed by atoms with Gasteiger partial charge in [0, 0.05) is 31.3 Å². The second kappa shape index (κ2) is 9.84. The minimum absolute atomic E-state index is 0.202. The number of hydrogen-bond acceptors (Lipinski definition) is 3. The summed E-state index contributed by atoms with van der Waals surface area (Å²) >= 11 is 0. The first-order chi connectivity index (χ1) is 10.1. The quantitative estimate of drug-likeness (QED) is 0.639. The molecular formula is C15H27F2N3O. The van der Waals surface area contributed by atoms with Crippen LogP contribution in [0, 0.1) is 0 Å². The van der Waals surface area contributed by atoms with Crippen LogP contribution >= 0.6 is 0 Å². The summed E-state index contributed by atoms with van der Waals surface area (Å²) in [6.07, 6.45) is 2.14. The summed E-state index contributed by atoms with van der Waals surface area (Å²) in [5.41, 5.74) is 1.02. The van der Waals surface area contributed by atoms with Crippen LogP contribution in [0.2, 0.25) is 0 Å². The SMILES string of the molecule is CCNC(CCOCC(F)F)Cc1ccn(C(C)CC)n1. The predicted octanol–water partition coefficient (Wildman–Crippen LogP) is 3.05. The first-order valence-electron chi connectivity index (χ1n) is 7.70. The van der Waals surface area contributed by atoms with Crippen molar-refractivity contribution in [1.29, 1.82) is 0 Å². The second-order valence-electron chi connectivity index (χ2n) is 5.26. The summed E-state index contributed by atoms with van der Waals surface area (Å²) in [6, 6.07) is 2.62. The zero-order chi connectivity index (χ0) is 15.7. The third kappa shape index (κ3) is 7.00. The Balaban J connectivity index is 2.43. The lowest BCUT2D eigenvalue weighted by Crippen LogP contribution is -2.32. The van der Waals surface area contributed by atoms with Crippen molar-refractivity contribution in [2.24, 2.45) is 0 Å². The van der Waals surface area contributed by atoms with Gasteiger partial charge in [-0.2, -0.15) is 5.10 Å². The molecule has 122 valence electrons. The molecule has 6 heteroatoms. The monoisotopic (exact) mass is 303 g/mol. The van der Waals surface area contributed by atoms with E-state index in [1.807, 2.05) is 23.9 Å². The van der Waals surface area contributed by atoms with Crippen LogP contribution in [-0.4, -0.2) is 42.0 Å². The number of ether oxygens (including phenoxy) is 1. The van der Waals surface area contributed by atoms with E-state index in [1.54, 1.807) is 0 Å². The fourth-order valence-electron chi connectivity index (χ4n) is 2.13. The third-order valence-electron chi connectivity index (χ3n) is 3.51. The highest BCUT2D eigenvalue weighted by molar-refractivity contribution is 5.02. The van der Waals surface area contributed by atoms with E-state index in [1.165, 1.54) is 0 Å². The summed E-state index contributed by atoms with van der Waals surface area (Å²) in [4.78, 5) is 0. The van der Waals surface area contributed by atoms with Crippen LogP contribution in [0.4, 0.5) is 8.78 Å². The van der Waals surface area contributed by atoms with E-state index in [4.69, 9.17) is 4.74 Å². The molecular weight excluding hydrogens is 276 g/mol. The zero-order valence-electron chi connectivity index (χ0n) is 13.2. The highest BCUT2D eigenvalue weighted by Crippen LogP contribution is 2.11. The van der Waals surface area contributed by atoms with Crippen LogP contribution in [0.15, 0.2) is 12.3 Å². The maximum absolute atomic E-state index is 12.0. The molecule has 0 radical (unpaired) electrons. The number of hydrogen-bond donors (Lipinski definition) is 1. The van der Waals surface area contributed by atoms with Crippen molar-refractivity contribution in [2.45, 2.75) is 58.5 Å². The van der Waals surface area contributed by atoms with Gasteiger partial charge in [-0.05, 0) is 32.4 Å². The largest absolute Gasteiger partial charge is 0.375 e. The van der Waals surface area contributed by atoms with Crippen LogP contribution in [0.5, 0.6) is 0 Å². The molecule has 0 aliphatic rings. The lowest BCUT2D eigenvalue weighted by molar-refractivity contribution is 0.0144. The smallest absolute Gasteiger partial charge is 0.261 e. The topological polar surface area (TPSA) is 39.1 Å². The predicted molar refractivity (Wildman–Crippen MR) is 79.8 cm³/mol. The Morgan fingerprint density at radius 1 is 1.38 bits per heavy atom.